The molecule has 162 valence electrons. The van der Waals surface area contributed by atoms with Crippen molar-refractivity contribution in [1.29, 1.82) is 0 Å². The Bertz CT molecular complexity index is 840. The summed E-state index contributed by atoms with van der Waals surface area (Å²) in [6.07, 6.45) is 5.55. The van der Waals surface area contributed by atoms with Gasteiger partial charge in [0.2, 0.25) is 5.91 Å². The molecular formula is C22H29FN4O2S. The summed E-state index contributed by atoms with van der Waals surface area (Å²) in [6.45, 7) is 6.36. The van der Waals surface area contributed by atoms with E-state index in [0.717, 1.165) is 70.3 Å². The number of nitrogens with zero attached hydrogens (tertiary/aromatic N) is 3. The Kier molecular flexibility index (Phi) is 7.30. The number of anilines is 2. The fourth-order valence-corrected chi connectivity index (χ4v) is 5.14. The summed E-state index contributed by atoms with van der Waals surface area (Å²) in [5, 5.41) is 3.78. The van der Waals surface area contributed by atoms with Gasteiger partial charge < -0.3 is 15.0 Å². The average Bonchev–Trinajstić information content (AvgIpc) is 3.23. The third kappa shape index (κ3) is 5.77. The van der Waals surface area contributed by atoms with Gasteiger partial charge in [-0.15, -0.1) is 11.3 Å². The number of likely N-dealkylation sites (tertiary alicyclic amines) is 1. The number of piperidine rings is 1. The number of carbonyl (C=O) groups is 1. The van der Waals surface area contributed by atoms with E-state index in [1.54, 1.807) is 29.5 Å². The fourth-order valence-electron chi connectivity index (χ4n) is 4.13. The number of hydrogen-bond donors (Lipinski definition) is 1. The van der Waals surface area contributed by atoms with Gasteiger partial charge >= 0.3 is 0 Å². The molecule has 1 N–H and O–H groups in total. The maximum atomic E-state index is 13.7. The zero-order chi connectivity index (χ0) is 20.8. The van der Waals surface area contributed by atoms with E-state index in [-0.39, 0.29) is 11.6 Å². The van der Waals surface area contributed by atoms with Crippen LogP contribution in [0.3, 0.4) is 0 Å². The van der Waals surface area contributed by atoms with Crippen molar-refractivity contribution in [2.75, 3.05) is 49.6 Å². The standard InChI is InChI=1S/C22H29FN4O2S/c23-19-5-1-2-6-20(19)25-21(28)8-7-17-4-3-9-26(15-17)16-18-14-24-22(30-18)27-10-12-29-13-11-27/h1-2,5-6,14,17H,3-4,7-13,15-16H2,(H,25,28)/t17-/m0/s1. The van der Waals surface area contributed by atoms with Crippen LogP contribution in [-0.4, -0.2) is 55.2 Å². The number of nitrogens with one attached hydrogen (secondary N) is 1. The van der Waals surface area contributed by atoms with Gasteiger partial charge in [0, 0.05) is 43.7 Å². The number of amides is 1. The minimum Gasteiger partial charge on any atom is -0.378 e. The van der Waals surface area contributed by atoms with Crippen LogP contribution in [0.4, 0.5) is 15.2 Å². The van der Waals surface area contributed by atoms with Crippen molar-refractivity contribution in [3.8, 4) is 0 Å². The lowest BCUT2D eigenvalue weighted by atomic mass is 9.93. The number of benzene rings is 1. The number of morpholine rings is 1. The second-order valence-electron chi connectivity index (χ2n) is 8.02. The molecule has 0 aliphatic carbocycles. The summed E-state index contributed by atoms with van der Waals surface area (Å²) >= 11 is 1.77. The molecule has 2 fully saturated rings. The van der Waals surface area contributed by atoms with Crippen LogP contribution < -0.4 is 10.2 Å². The number of hydrogen-bond acceptors (Lipinski definition) is 6. The minimum absolute atomic E-state index is 0.116. The Hall–Kier alpha value is -2.03. The van der Waals surface area contributed by atoms with Crippen LogP contribution in [0.5, 0.6) is 0 Å². The van der Waals surface area contributed by atoms with Crippen molar-refractivity contribution < 1.29 is 13.9 Å². The monoisotopic (exact) mass is 432 g/mol. The molecule has 0 bridgehead atoms. The number of rotatable bonds is 7. The number of thiazole rings is 1. The van der Waals surface area contributed by atoms with Crippen molar-refractivity contribution in [1.82, 2.24) is 9.88 Å². The molecule has 8 heteroatoms. The fraction of sp³-hybridized carbons (Fsp3) is 0.545. The molecule has 1 aromatic carbocycles. The Balaban J connectivity index is 1.23. The van der Waals surface area contributed by atoms with Gasteiger partial charge in [0.15, 0.2) is 5.13 Å². The van der Waals surface area contributed by atoms with Gasteiger partial charge in [0.1, 0.15) is 5.82 Å². The molecule has 3 heterocycles. The topological polar surface area (TPSA) is 57.7 Å². The molecule has 0 unspecified atom stereocenters. The Morgan fingerprint density at radius 1 is 1.27 bits per heavy atom. The van der Waals surface area contributed by atoms with E-state index in [4.69, 9.17) is 4.74 Å². The number of aromatic nitrogens is 1. The number of ether oxygens (including phenoxy) is 1. The maximum absolute atomic E-state index is 13.7. The highest BCUT2D eigenvalue weighted by Gasteiger charge is 2.22. The van der Waals surface area contributed by atoms with E-state index in [1.807, 2.05) is 6.20 Å². The predicted octanol–water partition coefficient (Wildman–Crippen LogP) is 3.75. The molecule has 6 nitrogen and oxygen atoms in total. The van der Waals surface area contributed by atoms with E-state index >= 15 is 0 Å². The van der Waals surface area contributed by atoms with E-state index < -0.39 is 5.82 Å². The average molecular weight is 433 g/mol. The third-order valence-electron chi connectivity index (χ3n) is 5.73. The summed E-state index contributed by atoms with van der Waals surface area (Å²) in [5.74, 6) is -0.0118. The van der Waals surface area contributed by atoms with Crippen molar-refractivity contribution in [3.63, 3.8) is 0 Å². The molecule has 0 spiro atoms. The molecule has 0 saturated carbocycles. The molecule has 2 aromatic rings. The van der Waals surface area contributed by atoms with Gasteiger partial charge in [-0.05, 0) is 43.9 Å². The first-order chi connectivity index (χ1) is 14.7. The summed E-state index contributed by atoms with van der Waals surface area (Å²) < 4.78 is 19.1. The molecule has 2 saturated heterocycles. The molecule has 0 radical (unpaired) electrons. The molecular weight excluding hydrogens is 403 g/mol. The Morgan fingerprint density at radius 2 is 2.10 bits per heavy atom. The highest BCUT2D eigenvalue weighted by molar-refractivity contribution is 7.15. The first-order valence-corrected chi connectivity index (χ1v) is 11.5. The van der Waals surface area contributed by atoms with Crippen LogP contribution in [0.1, 0.15) is 30.6 Å². The third-order valence-corrected chi connectivity index (χ3v) is 6.78. The van der Waals surface area contributed by atoms with Gasteiger partial charge in [-0.3, -0.25) is 9.69 Å². The SMILES string of the molecule is O=C(CC[C@@H]1CCCN(Cc2cnc(N3CCOCC3)s2)C1)Nc1ccccc1F. The number of halogens is 1. The highest BCUT2D eigenvalue weighted by Crippen LogP contribution is 2.27. The predicted molar refractivity (Wildman–Crippen MR) is 117 cm³/mol. The van der Waals surface area contributed by atoms with Crippen LogP contribution in [0, 0.1) is 11.7 Å². The largest absolute Gasteiger partial charge is 0.378 e. The molecule has 30 heavy (non-hydrogen) atoms. The normalized spacial score (nSPS) is 20.3. The first-order valence-electron chi connectivity index (χ1n) is 10.7. The van der Waals surface area contributed by atoms with Crippen molar-refractivity contribution in [2.24, 2.45) is 5.92 Å². The lowest BCUT2D eigenvalue weighted by Crippen LogP contribution is -2.36. The van der Waals surface area contributed by atoms with Gasteiger partial charge in [0.25, 0.3) is 0 Å². The second kappa shape index (κ2) is 10.3. The lowest BCUT2D eigenvalue weighted by Gasteiger charge is -2.32. The second-order valence-corrected chi connectivity index (χ2v) is 9.11. The number of carbonyl (C=O) groups excluding carboxylic acids is 1. The van der Waals surface area contributed by atoms with E-state index in [9.17, 15) is 9.18 Å². The Morgan fingerprint density at radius 3 is 2.93 bits per heavy atom. The van der Waals surface area contributed by atoms with Gasteiger partial charge in [-0.2, -0.15) is 0 Å². The smallest absolute Gasteiger partial charge is 0.224 e. The van der Waals surface area contributed by atoms with Crippen LogP contribution in [-0.2, 0) is 16.1 Å². The Labute approximate surface area is 181 Å². The molecule has 1 aromatic heterocycles. The molecule has 2 aliphatic heterocycles. The van der Waals surface area contributed by atoms with Crippen molar-refractivity contribution in [2.45, 2.75) is 32.2 Å². The van der Waals surface area contributed by atoms with E-state index in [1.165, 1.54) is 10.9 Å². The van der Waals surface area contributed by atoms with Gasteiger partial charge in [-0.25, -0.2) is 9.37 Å². The van der Waals surface area contributed by atoms with Crippen LogP contribution >= 0.6 is 11.3 Å². The highest BCUT2D eigenvalue weighted by atomic mass is 32.1. The van der Waals surface area contributed by atoms with E-state index in [0.29, 0.717) is 12.3 Å². The van der Waals surface area contributed by atoms with Gasteiger partial charge in [-0.1, -0.05) is 12.1 Å². The lowest BCUT2D eigenvalue weighted by molar-refractivity contribution is -0.116. The van der Waals surface area contributed by atoms with Crippen molar-refractivity contribution >= 4 is 28.1 Å². The first kappa shape index (κ1) is 21.2. The quantitative estimate of drug-likeness (QED) is 0.722. The summed E-state index contributed by atoms with van der Waals surface area (Å²) in [7, 11) is 0. The molecule has 1 atom stereocenters. The summed E-state index contributed by atoms with van der Waals surface area (Å²) in [5.41, 5.74) is 0.258. The number of para-hydroxylation sites is 1. The van der Waals surface area contributed by atoms with Crippen LogP contribution in [0.2, 0.25) is 0 Å². The molecule has 2 aliphatic rings. The van der Waals surface area contributed by atoms with Crippen LogP contribution in [0.25, 0.3) is 0 Å². The molecule has 4 rings (SSSR count). The maximum Gasteiger partial charge on any atom is 0.224 e. The van der Waals surface area contributed by atoms with E-state index in [2.05, 4.69) is 20.1 Å². The summed E-state index contributed by atoms with van der Waals surface area (Å²) in [6, 6.07) is 6.30. The molecule has 1 amide bonds. The zero-order valence-electron chi connectivity index (χ0n) is 17.2. The minimum atomic E-state index is -0.393. The summed E-state index contributed by atoms with van der Waals surface area (Å²) in [4.78, 5) is 22.9. The van der Waals surface area contributed by atoms with Gasteiger partial charge in [0.05, 0.1) is 18.9 Å². The van der Waals surface area contributed by atoms with Crippen molar-refractivity contribution in [3.05, 3.63) is 41.2 Å². The zero-order valence-corrected chi connectivity index (χ0v) is 18.0. The van der Waals surface area contributed by atoms with Crippen LogP contribution in [0.15, 0.2) is 30.5 Å².